The molecule has 9 aromatic carbocycles. The molecule has 4 aliphatic rings. The van der Waals surface area contributed by atoms with Gasteiger partial charge in [-0.1, -0.05) is 210 Å². The van der Waals surface area contributed by atoms with Gasteiger partial charge in [0.05, 0.1) is 11.1 Å². The summed E-state index contributed by atoms with van der Waals surface area (Å²) in [6, 6.07) is 78.0. The Kier molecular flexibility index (Phi) is 9.02. The zero-order chi connectivity index (χ0) is 45.8. The zero-order valence-electron chi connectivity index (χ0n) is 39.2. The van der Waals surface area contributed by atoms with E-state index in [1.807, 2.05) is 0 Å². The summed E-state index contributed by atoms with van der Waals surface area (Å²) in [6.07, 6.45) is 9.13. The smallest absolute Gasteiger partial charge is 0.0713 e. The second-order valence-electron chi connectivity index (χ2n) is 20.3. The van der Waals surface area contributed by atoms with Crippen molar-refractivity contribution in [3.8, 4) is 44.5 Å². The number of nitrogens with zero attached hydrogens (tertiary/aromatic N) is 1. The van der Waals surface area contributed by atoms with Crippen LogP contribution in [0.1, 0.15) is 90.6 Å². The van der Waals surface area contributed by atoms with Gasteiger partial charge in [-0.05, 0) is 150 Å². The molecule has 4 aliphatic carbocycles. The molecular weight excluding hydrogens is 819 g/mol. The Morgan fingerprint density at radius 2 is 0.897 bits per heavy atom. The highest BCUT2D eigenvalue weighted by Gasteiger charge is 2.47. The molecule has 9 aromatic rings. The molecule has 1 nitrogen and oxygen atoms in total. The molecule has 0 aliphatic heterocycles. The summed E-state index contributed by atoms with van der Waals surface area (Å²) in [6.45, 7) is 9.63. The van der Waals surface area contributed by atoms with E-state index in [-0.39, 0.29) is 10.8 Å². The lowest BCUT2D eigenvalue weighted by atomic mass is 9.67. The molecule has 0 fully saturated rings. The molecule has 0 heterocycles. The fourth-order valence-corrected chi connectivity index (χ4v) is 12.7. The molecule has 1 heteroatoms. The van der Waals surface area contributed by atoms with Gasteiger partial charge in [-0.15, -0.1) is 0 Å². The van der Waals surface area contributed by atoms with E-state index in [1.54, 1.807) is 0 Å². The van der Waals surface area contributed by atoms with Crippen LogP contribution in [0.2, 0.25) is 0 Å². The Hall–Kier alpha value is -7.74. The van der Waals surface area contributed by atoms with Gasteiger partial charge in [0.25, 0.3) is 0 Å². The van der Waals surface area contributed by atoms with Crippen molar-refractivity contribution in [1.29, 1.82) is 0 Å². The van der Waals surface area contributed by atoms with Crippen LogP contribution in [0.25, 0.3) is 50.1 Å². The summed E-state index contributed by atoms with van der Waals surface area (Å²) in [5, 5.41) is 0. The highest BCUT2D eigenvalue weighted by molar-refractivity contribution is 5.99. The SMILES string of the molecule is CC1(C)c2ccccc2-c2cc3c(cc21)-c1c(N(c2ccc(C4=CCCC=C4)cc2)c2ccc(-c4cccc5c4-c4ccccc4C5(c4ccccc4)c4ccccc4)cc2)cccc1C3(C)C. The fraction of sp³-hybridized carbons (Fsp3) is 0.134. The summed E-state index contributed by atoms with van der Waals surface area (Å²) in [7, 11) is 0. The molecule has 0 bridgehead atoms. The second kappa shape index (κ2) is 15.1. The van der Waals surface area contributed by atoms with Gasteiger partial charge >= 0.3 is 0 Å². The van der Waals surface area contributed by atoms with E-state index in [2.05, 4.69) is 257 Å². The number of fused-ring (bicyclic) bond motifs is 9. The second-order valence-corrected chi connectivity index (χ2v) is 20.3. The lowest BCUT2D eigenvalue weighted by Gasteiger charge is -2.34. The topological polar surface area (TPSA) is 3.24 Å². The first-order chi connectivity index (χ1) is 33.3. The van der Waals surface area contributed by atoms with Crippen molar-refractivity contribution in [3.05, 3.63) is 275 Å². The molecular formula is C67H53N. The van der Waals surface area contributed by atoms with Crippen molar-refractivity contribution in [2.45, 2.75) is 56.8 Å². The summed E-state index contributed by atoms with van der Waals surface area (Å²) in [4.78, 5) is 2.51. The Morgan fingerprint density at radius 3 is 1.57 bits per heavy atom. The Bertz CT molecular complexity index is 3490. The van der Waals surface area contributed by atoms with Crippen LogP contribution in [0, 0.1) is 0 Å². The highest BCUT2D eigenvalue weighted by Crippen LogP contribution is 2.60. The van der Waals surface area contributed by atoms with Gasteiger partial charge in [-0.3, -0.25) is 0 Å². The first-order valence-corrected chi connectivity index (χ1v) is 24.4. The zero-order valence-corrected chi connectivity index (χ0v) is 39.2. The van der Waals surface area contributed by atoms with E-state index >= 15 is 0 Å². The Balaban J connectivity index is 0.986. The van der Waals surface area contributed by atoms with Crippen LogP contribution in [-0.2, 0) is 16.2 Å². The molecule has 0 atom stereocenters. The largest absolute Gasteiger partial charge is 0.310 e. The molecule has 0 unspecified atom stereocenters. The maximum Gasteiger partial charge on any atom is 0.0713 e. The first-order valence-electron chi connectivity index (χ1n) is 24.4. The van der Waals surface area contributed by atoms with Crippen molar-refractivity contribution in [3.63, 3.8) is 0 Å². The van der Waals surface area contributed by atoms with Crippen molar-refractivity contribution in [2.75, 3.05) is 4.90 Å². The van der Waals surface area contributed by atoms with E-state index in [4.69, 9.17) is 0 Å². The van der Waals surface area contributed by atoms with Gasteiger partial charge in [0.2, 0.25) is 0 Å². The van der Waals surface area contributed by atoms with Crippen LogP contribution in [0.4, 0.5) is 17.1 Å². The predicted octanol–water partition coefficient (Wildman–Crippen LogP) is 17.5. The normalized spacial score (nSPS) is 15.9. The number of hydrogen-bond donors (Lipinski definition) is 0. The minimum atomic E-state index is -0.452. The minimum Gasteiger partial charge on any atom is -0.310 e. The Morgan fingerprint density at radius 1 is 0.368 bits per heavy atom. The lowest BCUT2D eigenvalue weighted by Crippen LogP contribution is -2.28. The number of hydrogen-bond acceptors (Lipinski definition) is 1. The van der Waals surface area contributed by atoms with Crippen LogP contribution in [0.15, 0.2) is 224 Å². The van der Waals surface area contributed by atoms with E-state index in [0.717, 1.165) is 24.2 Å². The summed E-state index contributed by atoms with van der Waals surface area (Å²) < 4.78 is 0. The maximum absolute atomic E-state index is 2.55. The molecule has 0 spiro atoms. The van der Waals surface area contributed by atoms with Gasteiger partial charge < -0.3 is 4.90 Å². The van der Waals surface area contributed by atoms with Gasteiger partial charge in [-0.2, -0.15) is 0 Å². The molecule has 0 aromatic heterocycles. The quantitative estimate of drug-likeness (QED) is 0.154. The van der Waals surface area contributed by atoms with E-state index in [0.29, 0.717) is 0 Å². The maximum atomic E-state index is 2.55. The lowest BCUT2D eigenvalue weighted by molar-refractivity contribution is 0.652. The van der Waals surface area contributed by atoms with Gasteiger partial charge in [0.15, 0.2) is 0 Å². The summed E-state index contributed by atoms with van der Waals surface area (Å²) in [5.74, 6) is 0. The molecule has 326 valence electrons. The van der Waals surface area contributed by atoms with Crippen molar-refractivity contribution in [2.24, 2.45) is 0 Å². The average molecular weight is 872 g/mol. The van der Waals surface area contributed by atoms with Crippen molar-refractivity contribution >= 4 is 22.6 Å². The summed E-state index contributed by atoms with van der Waals surface area (Å²) >= 11 is 0. The van der Waals surface area contributed by atoms with Crippen molar-refractivity contribution < 1.29 is 0 Å². The molecule has 68 heavy (non-hydrogen) atoms. The van der Waals surface area contributed by atoms with E-state index in [1.165, 1.54) is 106 Å². The molecule has 0 N–H and O–H groups in total. The van der Waals surface area contributed by atoms with Gasteiger partial charge in [0.1, 0.15) is 0 Å². The number of benzene rings is 9. The standard InChI is InChI=1S/C67H53N/c1-65(2)56-29-16-14-26-52(56)54-42-61-55(43-60(54)65)64-58(66(61,3)4)31-19-33-62(64)68(49-38-34-45(35-39-49)44-20-8-5-9-21-44)50-40-36-46(37-41-50)51-28-18-32-59-63(51)53-27-15-17-30-57(53)67(59,47-22-10-6-11-23-47)48-24-12-7-13-25-48/h6-8,10-43H,5,9H2,1-4H3. The van der Waals surface area contributed by atoms with Gasteiger partial charge in [-0.25, -0.2) is 0 Å². The molecule has 0 amide bonds. The number of anilines is 3. The Labute approximate surface area is 401 Å². The van der Waals surface area contributed by atoms with Crippen molar-refractivity contribution in [1.82, 2.24) is 0 Å². The monoisotopic (exact) mass is 871 g/mol. The molecule has 0 saturated carbocycles. The first kappa shape index (κ1) is 40.5. The number of allylic oxidation sites excluding steroid dienone is 4. The van der Waals surface area contributed by atoms with Crippen LogP contribution >= 0.6 is 0 Å². The van der Waals surface area contributed by atoms with Crippen LogP contribution in [0.3, 0.4) is 0 Å². The molecule has 0 saturated heterocycles. The van der Waals surface area contributed by atoms with Crippen LogP contribution in [-0.4, -0.2) is 0 Å². The van der Waals surface area contributed by atoms with Crippen LogP contribution in [0.5, 0.6) is 0 Å². The third kappa shape index (κ3) is 5.75. The average Bonchev–Trinajstić information content (AvgIpc) is 3.92. The predicted molar refractivity (Wildman–Crippen MR) is 285 cm³/mol. The van der Waals surface area contributed by atoms with Gasteiger partial charge in [0, 0.05) is 27.8 Å². The van der Waals surface area contributed by atoms with Crippen LogP contribution < -0.4 is 4.90 Å². The van der Waals surface area contributed by atoms with E-state index in [9.17, 15) is 0 Å². The number of rotatable bonds is 7. The molecule has 0 radical (unpaired) electrons. The third-order valence-electron chi connectivity index (χ3n) is 16.0. The minimum absolute atomic E-state index is 0.101. The highest BCUT2D eigenvalue weighted by atomic mass is 15.1. The fourth-order valence-electron chi connectivity index (χ4n) is 12.7. The third-order valence-corrected chi connectivity index (χ3v) is 16.0. The van der Waals surface area contributed by atoms with E-state index < -0.39 is 5.41 Å². The summed E-state index contributed by atoms with van der Waals surface area (Å²) in [5.41, 5.74) is 26.5. The molecule has 13 rings (SSSR count).